The normalized spacial score (nSPS) is 10.8. The SMILES string of the molecule is Cc1cc(CCN)ccc1-n1nnc(-c2ccccc2)n1. The molecule has 0 aliphatic rings. The van der Waals surface area contributed by atoms with Gasteiger partial charge in [0.2, 0.25) is 5.82 Å². The molecule has 2 N–H and O–H groups in total. The van der Waals surface area contributed by atoms with E-state index in [9.17, 15) is 0 Å². The third-order valence-corrected chi connectivity index (χ3v) is 3.36. The van der Waals surface area contributed by atoms with Crippen LogP contribution in [-0.4, -0.2) is 26.8 Å². The second kappa shape index (κ2) is 5.85. The number of benzene rings is 2. The molecule has 0 bridgehead atoms. The van der Waals surface area contributed by atoms with Gasteiger partial charge in [-0.2, -0.15) is 0 Å². The van der Waals surface area contributed by atoms with Crippen LogP contribution in [0.1, 0.15) is 11.1 Å². The van der Waals surface area contributed by atoms with Crippen molar-refractivity contribution in [3.8, 4) is 17.1 Å². The number of hydrogen-bond donors (Lipinski definition) is 1. The standard InChI is InChI=1S/C16H17N5/c1-12-11-13(9-10-17)7-8-15(12)21-19-16(18-20-21)14-5-3-2-4-6-14/h2-8,11H,9-10,17H2,1H3. The van der Waals surface area contributed by atoms with Gasteiger partial charge in [0.1, 0.15) is 0 Å². The van der Waals surface area contributed by atoms with E-state index >= 15 is 0 Å². The van der Waals surface area contributed by atoms with E-state index in [1.165, 1.54) is 5.56 Å². The fourth-order valence-electron chi connectivity index (χ4n) is 2.28. The molecule has 1 aromatic heterocycles. The summed E-state index contributed by atoms with van der Waals surface area (Å²) >= 11 is 0. The van der Waals surface area contributed by atoms with E-state index in [4.69, 9.17) is 5.73 Å². The van der Waals surface area contributed by atoms with Crippen molar-refractivity contribution in [2.24, 2.45) is 5.73 Å². The van der Waals surface area contributed by atoms with Crippen LogP contribution in [0.2, 0.25) is 0 Å². The van der Waals surface area contributed by atoms with Crippen molar-refractivity contribution in [1.29, 1.82) is 0 Å². The van der Waals surface area contributed by atoms with Gasteiger partial charge in [0.05, 0.1) is 5.69 Å². The molecule has 3 rings (SSSR count). The summed E-state index contributed by atoms with van der Waals surface area (Å²) in [7, 11) is 0. The molecular formula is C16H17N5. The summed E-state index contributed by atoms with van der Waals surface area (Å²) in [6.45, 7) is 2.69. The zero-order valence-electron chi connectivity index (χ0n) is 11.9. The van der Waals surface area contributed by atoms with Crippen molar-refractivity contribution in [3.05, 3.63) is 59.7 Å². The second-order valence-corrected chi connectivity index (χ2v) is 4.93. The third kappa shape index (κ3) is 2.83. The van der Waals surface area contributed by atoms with Gasteiger partial charge >= 0.3 is 0 Å². The van der Waals surface area contributed by atoms with Gasteiger partial charge in [-0.1, -0.05) is 42.5 Å². The molecule has 0 spiro atoms. The van der Waals surface area contributed by atoms with Gasteiger partial charge in [0.15, 0.2) is 0 Å². The number of nitrogens with zero attached hydrogens (tertiary/aromatic N) is 4. The molecule has 0 unspecified atom stereocenters. The van der Waals surface area contributed by atoms with Crippen LogP contribution in [0.15, 0.2) is 48.5 Å². The molecule has 0 radical (unpaired) electrons. The van der Waals surface area contributed by atoms with E-state index in [1.54, 1.807) is 4.80 Å². The van der Waals surface area contributed by atoms with Crippen molar-refractivity contribution >= 4 is 0 Å². The highest BCUT2D eigenvalue weighted by molar-refractivity contribution is 5.53. The maximum Gasteiger partial charge on any atom is 0.205 e. The smallest absolute Gasteiger partial charge is 0.205 e. The van der Waals surface area contributed by atoms with Gasteiger partial charge in [-0.15, -0.1) is 15.0 Å². The van der Waals surface area contributed by atoms with E-state index < -0.39 is 0 Å². The molecule has 1 heterocycles. The Labute approximate surface area is 123 Å². The maximum absolute atomic E-state index is 5.59. The van der Waals surface area contributed by atoms with Gasteiger partial charge < -0.3 is 5.73 Å². The summed E-state index contributed by atoms with van der Waals surface area (Å²) in [6.07, 6.45) is 0.876. The number of aryl methyl sites for hydroxylation is 1. The van der Waals surface area contributed by atoms with Gasteiger partial charge in [0, 0.05) is 5.56 Å². The van der Waals surface area contributed by atoms with E-state index in [0.717, 1.165) is 23.2 Å². The minimum Gasteiger partial charge on any atom is -0.330 e. The lowest BCUT2D eigenvalue weighted by Crippen LogP contribution is -2.05. The molecule has 106 valence electrons. The fraction of sp³-hybridized carbons (Fsp3) is 0.188. The Bertz CT molecular complexity index is 733. The summed E-state index contributed by atoms with van der Waals surface area (Å²) in [5, 5.41) is 12.7. The van der Waals surface area contributed by atoms with E-state index in [1.807, 2.05) is 43.3 Å². The van der Waals surface area contributed by atoms with Crippen LogP contribution in [0.5, 0.6) is 0 Å². The third-order valence-electron chi connectivity index (χ3n) is 3.36. The molecule has 5 nitrogen and oxygen atoms in total. The summed E-state index contributed by atoms with van der Waals surface area (Å²) < 4.78 is 0. The van der Waals surface area contributed by atoms with Crippen molar-refractivity contribution in [3.63, 3.8) is 0 Å². The summed E-state index contributed by atoms with van der Waals surface area (Å²) in [6, 6.07) is 16.0. The molecule has 0 saturated heterocycles. The molecule has 0 fully saturated rings. The first-order chi connectivity index (χ1) is 10.3. The molecule has 0 amide bonds. The largest absolute Gasteiger partial charge is 0.330 e. The maximum atomic E-state index is 5.59. The Hall–Kier alpha value is -2.53. The Morgan fingerprint density at radius 3 is 2.62 bits per heavy atom. The Morgan fingerprint density at radius 1 is 1.10 bits per heavy atom. The Kier molecular flexibility index (Phi) is 3.75. The highest BCUT2D eigenvalue weighted by Crippen LogP contribution is 2.17. The number of rotatable bonds is 4. The lowest BCUT2D eigenvalue weighted by atomic mass is 10.1. The van der Waals surface area contributed by atoms with Crippen molar-refractivity contribution in [1.82, 2.24) is 20.2 Å². The minimum absolute atomic E-state index is 0.626. The number of nitrogens with two attached hydrogens (primary N) is 1. The van der Waals surface area contributed by atoms with Crippen LogP contribution in [0.25, 0.3) is 17.1 Å². The molecule has 2 aromatic carbocycles. The first-order valence-electron chi connectivity index (χ1n) is 6.93. The Morgan fingerprint density at radius 2 is 1.90 bits per heavy atom. The monoisotopic (exact) mass is 279 g/mol. The predicted molar refractivity (Wildman–Crippen MR) is 82.1 cm³/mol. The summed E-state index contributed by atoms with van der Waals surface area (Å²) in [5.74, 6) is 0.626. The van der Waals surface area contributed by atoms with Crippen LogP contribution in [0.4, 0.5) is 0 Å². The van der Waals surface area contributed by atoms with Crippen LogP contribution in [0, 0.1) is 6.92 Å². The summed E-state index contributed by atoms with van der Waals surface area (Å²) in [4.78, 5) is 1.57. The summed E-state index contributed by atoms with van der Waals surface area (Å²) in [5.41, 5.74) is 9.82. The first-order valence-corrected chi connectivity index (χ1v) is 6.93. The number of hydrogen-bond acceptors (Lipinski definition) is 4. The highest BCUT2D eigenvalue weighted by Gasteiger charge is 2.09. The van der Waals surface area contributed by atoms with Gasteiger partial charge in [-0.3, -0.25) is 0 Å². The van der Waals surface area contributed by atoms with Crippen molar-refractivity contribution < 1.29 is 0 Å². The Balaban J connectivity index is 1.93. The lowest BCUT2D eigenvalue weighted by molar-refractivity contribution is 0.715. The topological polar surface area (TPSA) is 69.6 Å². The second-order valence-electron chi connectivity index (χ2n) is 4.93. The fourth-order valence-corrected chi connectivity index (χ4v) is 2.28. The van der Waals surface area contributed by atoms with Crippen molar-refractivity contribution in [2.75, 3.05) is 6.54 Å². The lowest BCUT2D eigenvalue weighted by Gasteiger charge is -2.06. The molecule has 0 aliphatic heterocycles. The molecule has 0 saturated carbocycles. The molecule has 5 heteroatoms. The average molecular weight is 279 g/mol. The molecule has 0 atom stereocenters. The van der Waals surface area contributed by atoms with Gasteiger partial charge in [-0.05, 0) is 42.3 Å². The van der Waals surface area contributed by atoms with Gasteiger partial charge in [0.25, 0.3) is 0 Å². The van der Waals surface area contributed by atoms with Crippen molar-refractivity contribution in [2.45, 2.75) is 13.3 Å². The van der Waals surface area contributed by atoms with Crippen LogP contribution < -0.4 is 5.73 Å². The molecule has 3 aromatic rings. The van der Waals surface area contributed by atoms with E-state index in [2.05, 4.69) is 27.5 Å². The predicted octanol–water partition coefficient (Wildman–Crippen LogP) is 2.14. The molecular weight excluding hydrogens is 262 g/mol. The zero-order valence-corrected chi connectivity index (χ0v) is 11.9. The van der Waals surface area contributed by atoms with Crippen LogP contribution in [0.3, 0.4) is 0 Å². The highest BCUT2D eigenvalue weighted by atomic mass is 15.6. The number of aromatic nitrogens is 4. The van der Waals surface area contributed by atoms with E-state index in [-0.39, 0.29) is 0 Å². The average Bonchev–Trinajstić information content (AvgIpc) is 2.98. The van der Waals surface area contributed by atoms with Crippen LogP contribution in [-0.2, 0) is 6.42 Å². The first kappa shape index (κ1) is 13.5. The van der Waals surface area contributed by atoms with Gasteiger partial charge in [-0.25, -0.2) is 0 Å². The quantitative estimate of drug-likeness (QED) is 0.794. The molecule has 0 aliphatic carbocycles. The molecule has 21 heavy (non-hydrogen) atoms. The number of tetrazole rings is 1. The zero-order chi connectivity index (χ0) is 14.7. The van der Waals surface area contributed by atoms with E-state index in [0.29, 0.717) is 12.4 Å². The van der Waals surface area contributed by atoms with Crippen LogP contribution >= 0.6 is 0 Å². The minimum atomic E-state index is 0.626.